The van der Waals surface area contributed by atoms with Crippen LogP contribution in [0.25, 0.3) is 0 Å². The number of hydrogen-bond donors (Lipinski definition) is 1. The number of esters is 2. The number of aliphatic carboxylic acids is 1. The molecule has 0 fully saturated rings. The predicted octanol–water partition coefficient (Wildman–Crippen LogP) is 26.9. The summed E-state index contributed by atoms with van der Waals surface area (Å²) in [5.74, 6) is -1.98. The van der Waals surface area contributed by atoms with E-state index in [1.54, 1.807) is 0 Å². The summed E-state index contributed by atoms with van der Waals surface area (Å²) in [6, 6.07) is 0. The largest absolute Gasteiger partial charge is 0.477 e. The van der Waals surface area contributed by atoms with Gasteiger partial charge in [0.05, 0.1) is 34.4 Å². The highest BCUT2D eigenvalue weighted by atomic mass is 16.7. The van der Waals surface area contributed by atoms with Crippen LogP contribution in [0.15, 0.2) is 85.1 Å². The monoisotopic (exact) mass is 1360 g/mol. The molecule has 0 aromatic rings. The predicted molar refractivity (Wildman–Crippen MR) is 419 cm³/mol. The third kappa shape index (κ3) is 79.7. The summed E-state index contributed by atoms with van der Waals surface area (Å²) >= 11 is 0. The summed E-state index contributed by atoms with van der Waals surface area (Å²) in [6.07, 6.45) is 105. The Labute approximate surface area is 601 Å². The van der Waals surface area contributed by atoms with Gasteiger partial charge in [-0.2, -0.15) is 0 Å². The molecule has 0 aliphatic carbocycles. The quantitative estimate of drug-likeness (QED) is 0.0211. The van der Waals surface area contributed by atoms with E-state index < -0.39 is 18.4 Å². The Kier molecular flexibility index (Phi) is 75.3. The zero-order chi connectivity index (χ0) is 70.4. The molecule has 9 nitrogen and oxygen atoms in total. The number of carboxylic acid groups (broad SMARTS) is 1. The molecule has 0 aromatic heterocycles. The van der Waals surface area contributed by atoms with Gasteiger partial charge in [-0.1, -0.05) is 401 Å². The van der Waals surface area contributed by atoms with Gasteiger partial charge in [-0.3, -0.25) is 9.59 Å². The molecular weight excluding hydrogens is 1200 g/mol. The number of likely N-dealkylation sites (N-methyl/N-ethyl adjacent to an activating group) is 1. The van der Waals surface area contributed by atoms with Crippen LogP contribution in [0.1, 0.15) is 399 Å². The van der Waals surface area contributed by atoms with Crippen molar-refractivity contribution in [1.29, 1.82) is 0 Å². The van der Waals surface area contributed by atoms with Crippen LogP contribution in [0.4, 0.5) is 0 Å². The Morgan fingerprint density at radius 1 is 0.320 bits per heavy atom. The molecule has 0 amide bonds. The SMILES string of the molecule is CC/C=C\C/C=C\C/C=C\C/C=C\C/C=C\C/C=C\C/C=C\CCCCCCCCCCCCCCCCCC(=O)OC(COC(=O)CCCCCCCCCCCCCCCCCCCCCCCCCCCCCCCCCCCCC)COC(OCC[N+](C)(C)C)C(=O)O. The van der Waals surface area contributed by atoms with E-state index in [1.807, 2.05) is 21.1 Å². The second-order valence-electron chi connectivity index (χ2n) is 29.4. The minimum atomic E-state index is -1.51. The minimum absolute atomic E-state index is 0.179. The molecule has 0 spiro atoms. The Hall–Kier alpha value is -3.53. The van der Waals surface area contributed by atoms with Crippen LogP contribution in [0.2, 0.25) is 0 Å². The van der Waals surface area contributed by atoms with E-state index in [-0.39, 0.29) is 38.2 Å². The number of rotatable bonds is 78. The molecule has 9 heteroatoms. The van der Waals surface area contributed by atoms with Crippen molar-refractivity contribution in [2.24, 2.45) is 0 Å². The summed E-state index contributed by atoms with van der Waals surface area (Å²) in [5.41, 5.74) is 0. The maximum absolute atomic E-state index is 13.0. The van der Waals surface area contributed by atoms with Crippen LogP contribution < -0.4 is 0 Å². The van der Waals surface area contributed by atoms with Crippen LogP contribution in [-0.2, 0) is 33.3 Å². The first-order chi connectivity index (χ1) is 47.6. The first-order valence-electron chi connectivity index (χ1n) is 41.8. The maximum atomic E-state index is 13.0. The van der Waals surface area contributed by atoms with E-state index >= 15 is 0 Å². The van der Waals surface area contributed by atoms with Crippen molar-refractivity contribution >= 4 is 17.9 Å². The smallest absolute Gasteiger partial charge is 0.361 e. The number of carboxylic acids is 1. The first kappa shape index (κ1) is 93.5. The van der Waals surface area contributed by atoms with Crippen molar-refractivity contribution in [2.45, 2.75) is 411 Å². The molecule has 0 aromatic carbocycles. The van der Waals surface area contributed by atoms with Gasteiger partial charge in [-0.05, 0) is 70.6 Å². The molecule has 0 saturated carbocycles. The van der Waals surface area contributed by atoms with Gasteiger partial charge < -0.3 is 28.5 Å². The lowest BCUT2D eigenvalue weighted by molar-refractivity contribution is -0.870. The molecule has 97 heavy (non-hydrogen) atoms. The average molecular weight is 1360 g/mol. The number of hydrogen-bond acceptors (Lipinski definition) is 7. The Morgan fingerprint density at radius 3 is 0.876 bits per heavy atom. The lowest BCUT2D eigenvalue weighted by atomic mass is 10.0. The molecule has 2 unspecified atom stereocenters. The Balaban J connectivity index is 3.98. The Bertz CT molecular complexity index is 1870. The van der Waals surface area contributed by atoms with Gasteiger partial charge in [0.1, 0.15) is 13.2 Å². The number of quaternary nitrogens is 1. The van der Waals surface area contributed by atoms with E-state index in [0.29, 0.717) is 17.4 Å². The topological polar surface area (TPSA) is 108 Å². The van der Waals surface area contributed by atoms with Crippen molar-refractivity contribution in [1.82, 2.24) is 0 Å². The highest BCUT2D eigenvalue weighted by Gasteiger charge is 2.25. The lowest BCUT2D eigenvalue weighted by Gasteiger charge is -2.25. The van der Waals surface area contributed by atoms with Crippen LogP contribution in [0.5, 0.6) is 0 Å². The van der Waals surface area contributed by atoms with Gasteiger partial charge >= 0.3 is 17.9 Å². The fraction of sp³-hybridized carbons (Fsp3) is 0.807. The third-order valence-electron chi connectivity index (χ3n) is 18.7. The molecule has 0 aliphatic rings. The Morgan fingerprint density at radius 2 is 0.588 bits per heavy atom. The number of unbranched alkanes of at least 4 members (excludes halogenated alkanes) is 49. The fourth-order valence-electron chi connectivity index (χ4n) is 12.4. The number of nitrogens with zero attached hydrogens (tertiary/aromatic N) is 1. The van der Waals surface area contributed by atoms with Gasteiger partial charge in [0, 0.05) is 12.8 Å². The van der Waals surface area contributed by atoms with Gasteiger partial charge in [0.2, 0.25) is 0 Å². The summed E-state index contributed by atoms with van der Waals surface area (Å²) in [6.45, 7) is 4.83. The highest BCUT2D eigenvalue weighted by Crippen LogP contribution is 2.20. The number of carbonyl (C=O) groups excluding carboxylic acids is 2. The van der Waals surface area contributed by atoms with Gasteiger partial charge in [0.25, 0.3) is 6.29 Å². The van der Waals surface area contributed by atoms with E-state index in [1.165, 1.54) is 289 Å². The van der Waals surface area contributed by atoms with Crippen LogP contribution >= 0.6 is 0 Å². The number of carbonyl (C=O) groups is 3. The van der Waals surface area contributed by atoms with Gasteiger partial charge in [-0.25, -0.2) is 4.79 Å². The summed E-state index contributed by atoms with van der Waals surface area (Å²) < 4.78 is 23.1. The lowest BCUT2D eigenvalue weighted by Crippen LogP contribution is -2.40. The zero-order valence-electron chi connectivity index (χ0n) is 64.7. The second-order valence-corrected chi connectivity index (χ2v) is 29.4. The average Bonchev–Trinajstić information content (AvgIpc) is 3.11. The van der Waals surface area contributed by atoms with Crippen molar-refractivity contribution in [2.75, 3.05) is 47.5 Å². The van der Waals surface area contributed by atoms with Crippen molar-refractivity contribution in [3.05, 3.63) is 85.1 Å². The molecule has 2 atom stereocenters. The maximum Gasteiger partial charge on any atom is 0.361 e. The molecule has 0 aliphatic heterocycles. The molecular formula is C88H160NO8+. The van der Waals surface area contributed by atoms with Crippen LogP contribution in [-0.4, -0.2) is 87.4 Å². The van der Waals surface area contributed by atoms with E-state index in [0.717, 1.165) is 83.5 Å². The molecule has 0 bridgehead atoms. The van der Waals surface area contributed by atoms with E-state index in [2.05, 4.69) is 98.9 Å². The van der Waals surface area contributed by atoms with E-state index in [9.17, 15) is 19.5 Å². The van der Waals surface area contributed by atoms with Crippen molar-refractivity contribution in [3.8, 4) is 0 Å². The second kappa shape index (κ2) is 78.2. The van der Waals surface area contributed by atoms with Crippen LogP contribution in [0, 0.1) is 0 Å². The fourth-order valence-corrected chi connectivity index (χ4v) is 12.4. The number of ether oxygens (including phenoxy) is 4. The number of allylic oxidation sites excluding steroid dienone is 14. The van der Waals surface area contributed by atoms with Gasteiger partial charge in [-0.15, -0.1) is 0 Å². The molecule has 0 radical (unpaired) electrons. The normalized spacial score (nSPS) is 13.0. The molecule has 0 heterocycles. The van der Waals surface area contributed by atoms with E-state index in [4.69, 9.17) is 18.9 Å². The minimum Gasteiger partial charge on any atom is -0.477 e. The first-order valence-corrected chi connectivity index (χ1v) is 41.8. The molecule has 564 valence electrons. The van der Waals surface area contributed by atoms with Gasteiger partial charge in [0.15, 0.2) is 6.10 Å². The zero-order valence-corrected chi connectivity index (χ0v) is 64.7. The molecule has 0 saturated heterocycles. The standard InChI is InChI=1S/C88H159NO8/c1-6-8-10-12-14-16-18-20-22-24-26-28-30-32-34-36-38-40-42-43-45-47-49-51-53-55-57-59-61-63-65-67-69-71-73-75-77-79-86(91)97-84(83-96-88(87(92)93)94-81-80-89(3,4)5)82-95-85(90)78-76-74-72-70-68-66-64-62-60-58-56-54-52-50-48-46-44-41-39-37-35-33-31-29-27-25-23-21-19-17-15-13-11-9-7-2/h8,10,14,16,20,22,26,28,32,34,38,40,43,45,84,88H,6-7,9,11-13,15,17-19,21,23-25,27,29-31,33,35-37,39,41-42,44,46-83H2,1-5H3/p+1/b10-8-,16-14-,22-20-,28-26-,34-32-,40-38-,45-43-. The van der Waals surface area contributed by atoms with Crippen LogP contribution in [0.3, 0.4) is 0 Å². The third-order valence-corrected chi connectivity index (χ3v) is 18.7. The summed E-state index contributed by atoms with van der Waals surface area (Å²) in [5, 5.41) is 9.78. The van der Waals surface area contributed by atoms with Crippen molar-refractivity contribution < 1.29 is 42.9 Å². The highest BCUT2D eigenvalue weighted by molar-refractivity contribution is 5.71. The van der Waals surface area contributed by atoms with Crippen molar-refractivity contribution in [3.63, 3.8) is 0 Å². The molecule has 1 N–H and O–H groups in total. The summed E-state index contributed by atoms with van der Waals surface area (Å²) in [7, 11) is 5.99. The summed E-state index contributed by atoms with van der Waals surface area (Å²) in [4.78, 5) is 37.8. The molecule has 0 rings (SSSR count).